The summed E-state index contributed by atoms with van der Waals surface area (Å²) in [5.74, 6) is 1.16. The van der Waals surface area contributed by atoms with E-state index in [1.54, 1.807) is 0 Å². The zero-order valence-electron chi connectivity index (χ0n) is 14.8. The van der Waals surface area contributed by atoms with E-state index in [0.717, 1.165) is 22.6 Å². The van der Waals surface area contributed by atoms with Crippen LogP contribution in [0.5, 0.6) is 5.75 Å². The third-order valence-corrected chi connectivity index (χ3v) is 4.11. The Labute approximate surface area is 156 Å². The number of nitrogens with zero attached hydrogens (tertiary/aromatic N) is 3. The lowest BCUT2D eigenvalue weighted by atomic mass is 10.2. The van der Waals surface area contributed by atoms with Crippen LogP contribution in [0.2, 0.25) is 0 Å². The van der Waals surface area contributed by atoms with Crippen molar-refractivity contribution in [2.45, 2.75) is 6.92 Å². The maximum absolute atomic E-state index is 12.2. The summed E-state index contributed by atoms with van der Waals surface area (Å²) in [6.07, 6.45) is 1.91. The molecule has 0 radical (unpaired) electrons. The summed E-state index contributed by atoms with van der Waals surface area (Å²) in [6.45, 7) is 1.95. The largest absolute Gasteiger partial charge is 0.484 e. The summed E-state index contributed by atoms with van der Waals surface area (Å²) in [7, 11) is 0. The molecule has 0 saturated carbocycles. The standard InChI is InChI=1S/C21H18N4O2/c1-15-8-10-18(11-9-15)27-14-20(26)22-17-6-4-5-16(13-17)21-24-23-19-7-2-3-12-25(19)21/h2-13H,14H2,1H3,(H,22,26). The smallest absolute Gasteiger partial charge is 0.262 e. The second kappa shape index (κ2) is 7.29. The average Bonchev–Trinajstić information content (AvgIpc) is 3.12. The summed E-state index contributed by atoms with van der Waals surface area (Å²) in [6, 6.07) is 20.8. The van der Waals surface area contributed by atoms with E-state index in [1.807, 2.05) is 84.3 Å². The number of nitrogens with one attached hydrogen (secondary N) is 1. The Morgan fingerprint density at radius 2 is 1.89 bits per heavy atom. The summed E-state index contributed by atoms with van der Waals surface area (Å²) >= 11 is 0. The van der Waals surface area contributed by atoms with Crippen molar-refractivity contribution < 1.29 is 9.53 Å². The molecule has 4 aromatic rings. The topological polar surface area (TPSA) is 68.5 Å². The van der Waals surface area contributed by atoms with Gasteiger partial charge in [-0.1, -0.05) is 35.9 Å². The maximum atomic E-state index is 12.2. The van der Waals surface area contributed by atoms with E-state index in [9.17, 15) is 4.79 Å². The second-order valence-electron chi connectivity index (χ2n) is 6.18. The number of aryl methyl sites for hydroxylation is 1. The Hall–Kier alpha value is -3.67. The number of rotatable bonds is 5. The molecule has 0 bridgehead atoms. The Balaban J connectivity index is 1.46. The minimum Gasteiger partial charge on any atom is -0.484 e. The van der Waals surface area contributed by atoms with Crippen LogP contribution in [0.15, 0.2) is 72.9 Å². The highest BCUT2D eigenvalue weighted by Crippen LogP contribution is 2.21. The van der Waals surface area contributed by atoms with Gasteiger partial charge < -0.3 is 10.1 Å². The number of aromatic nitrogens is 3. The minimum absolute atomic E-state index is 0.0544. The van der Waals surface area contributed by atoms with Crippen molar-refractivity contribution >= 4 is 17.2 Å². The predicted octanol–water partition coefficient (Wildman–Crippen LogP) is 3.72. The number of ether oxygens (including phenoxy) is 1. The predicted molar refractivity (Wildman–Crippen MR) is 104 cm³/mol. The SMILES string of the molecule is Cc1ccc(OCC(=O)Nc2cccc(-c3nnc4ccccn34)c2)cc1. The molecule has 0 fully saturated rings. The van der Waals surface area contributed by atoms with Crippen LogP contribution in [0.25, 0.3) is 17.0 Å². The highest BCUT2D eigenvalue weighted by Gasteiger charge is 2.09. The van der Waals surface area contributed by atoms with Gasteiger partial charge >= 0.3 is 0 Å². The van der Waals surface area contributed by atoms with E-state index < -0.39 is 0 Å². The van der Waals surface area contributed by atoms with E-state index in [4.69, 9.17) is 4.74 Å². The van der Waals surface area contributed by atoms with Crippen molar-refractivity contribution in [3.8, 4) is 17.1 Å². The van der Waals surface area contributed by atoms with Crippen LogP contribution in [-0.2, 0) is 4.79 Å². The van der Waals surface area contributed by atoms with E-state index in [2.05, 4.69) is 15.5 Å². The molecule has 134 valence electrons. The fourth-order valence-corrected chi connectivity index (χ4v) is 2.75. The lowest BCUT2D eigenvalue weighted by molar-refractivity contribution is -0.118. The Morgan fingerprint density at radius 1 is 1.04 bits per heavy atom. The van der Waals surface area contributed by atoms with Gasteiger partial charge in [-0.05, 0) is 43.3 Å². The lowest BCUT2D eigenvalue weighted by Gasteiger charge is -2.09. The molecular formula is C21H18N4O2. The monoisotopic (exact) mass is 358 g/mol. The Bertz CT molecular complexity index is 1090. The third kappa shape index (κ3) is 3.79. The highest BCUT2D eigenvalue weighted by atomic mass is 16.5. The van der Waals surface area contributed by atoms with Gasteiger partial charge in [0.15, 0.2) is 18.1 Å². The van der Waals surface area contributed by atoms with Crippen LogP contribution in [0, 0.1) is 6.92 Å². The van der Waals surface area contributed by atoms with Gasteiger partial charge in [0, 0.05) is 17.4 Å². The molecule has 2 aromatic heterocycles. The Kier molecular flexibility index (Phi) is 4.53. The van der Waals surface area contributed by atoms with Gasteiger partial charge in [-0.3, -0.25) is 9.20 Å². The lowest BCUT2D eigenvalue weighted by Crippen LogP contribution is -2.20. The zero-order valence-corrected chi connectivity index (χ0v) is 14.8. The van der Waals surface area contributed by atoms with Crippen LogP contribution in [0.1, 0.15) is 5.56 Å². The van der Waals surface area contributed by atoms with Gasteiger partial charge in [-0.2, -0.15) is 0 Å². The van der Waals surface area contributed by atoms with Gasteiger partial charge in [0.2, 0.25) is 0 Å². The molecule has 1 amide bonds. The van der Waals surface area contributed by atoms with Crippen molar-refractivity contribution in [3.63, 3.8) is 0 Å². The second-order valence-corrected chi connectivity index (χ2v) is 6.18. The van der Waals surface area contributed by atoms with Crippen LogP contribution in [-0.4, -0.2) is 27.1 Å². The fraction of sp³-hybridized carbons (Fsp3) is 0.0952. The van der Waals surface area contributed by atoms with E-state index in [0.29, 0.717) is 11.4 Å². The molecular weight excluding hydrogens is 340 g/mol. The van der Waals surface area contributed by atoms with E-state index >= 15 is 0 Å². The molecule has 0 unspecified atom stereocenters. The van der Waals surface area contributed by atoms with Gasteiger partial charge in [-0.25, -0.2) is 0 Å². The third-order valence-electron chi connectivity index (χ3n) is 4.11. The first kappa shape index (κ1) is 16.8. The van der Waals surface area contributed by atoms with Gasteiger partial charge in [-0.15, -0.1) is 10.2 Å². The normalized spacial score (nSPS) is 10.7. The van der Waals surface area contributed by atoms with Crippen LogP contribution >= 0.6 is 0 Å². The minimum atomic E-state index is -0.223. The van der Waals surface area contributed by atoms with E-state index in [-0.39, 0.29) is 12.5 Å². The highest BCUT2D eigenvalue weighted by molar-refractivity contribution is 5.92. The number of carbonyl (C=O) groups is 1. The van der Waals surface area contributed by atoms with Crippen molar-refractivity contribution in [1.29, 1.82) is 0 Å². The molecule has 0 saturated heterocycles. The summed E-state index contributed by atoms with van der Waals surface area (Å²) in [4.78, 5) is 12.2. The van der Waals surface area contributed by atoms with Crippen molar-refractivity contribution in [1.82, 2.24) is 14.6 Å². The van der Waals surface area contributed by atoms with Crippen molar-refractivity contribution in [3.05, 3.63) is 78.5 Å². The van der Waals surface area contributed by atoms with Crippen LogP contribution in [0.3, 0.4) is 0 Å². The number of anilines is 1. The molecule has 0 spiro atoms. The number of hydrogen-bond acceptors (Lipinski definition) is 4. The molecule has 4 rings (SSSR count). The van der Waals surface area contributed by atoms with Crippen LogP contribution in [0.4, 0.5) is 5.69 Å². The molecule has 0 atom stereocenters. The van der Waals surface area contributed by atoms with E-state index in [1.165, 1.54) is 0 Å². The molecule has 2 aromatic carbocycles. The Morgan fingerprint density at radius 3 is 2.74 bits per heavy atom. The molecule has 6 nitrogen and oxygen atoms in total. The molecule has 0 aliphatic heterocycles. The first-order chi connectivity index (χ1) is 13.2. The first-order valence-corrected chi connectivity index (χ1v) is 8.58. The van der Waals surface area contributed by atoms with Crippen molar-refractivity contribution in [2.75, 3.05) is 11.9 Å². The number of amides is 1. The molecule has 1 N–H and O–H groups in total. The quantitative estimate of drug-likeness (QED) is 0.590. The molecule has 6 heteroatoms. The molecule has 27 heavy (non-hydrogen) atoms. The zero-order chi connectivity index (χ0) is 18.6. The number of hydrogen-bond donors (Lipinski definition) is 1. The van der Waals surface area contributed by atoms with Gasteiger partial charge in [0.05, 0.1) is 0 Å². The van der Waals surface area contributed by atoms with Gasteiger partial charge in [0.25, 0.3) is 5.91 Å². The summed E-state index contributed by atoms with van der Waals surface area (Å²) in [5, 5.41) is 11.3. The van der Waals surface area contributed by atoms with Crippen molar-refractivity contribution in [2.24, 2.45) is 0 Å². The number of fused-ring (bicyclic) bond motifs is 1. The number of benzene rings is 2. The molecule has 0 aliphatic carbocycles. The number of pyridine rings is 1. The van der Waals surface area contributed by atoms with Crippen LogP contribution < -0.4 is 10.1 Å². The molecule has 0 aliphatic rings. The fourth-order valence-electron chi connectivity index (χ4n) is 2.75. The summed E-state index contributed by atoms with van der Waals surface area (Å²) in [5.41, 5.74) is 3.46. The average molecular weight is 358 g/mol. The first-order valence-electron chi connectivity index (χ1n) is 8.58. The summed E-state index contributed by atoms with van der Waals surface area (Å²) < 4.78 is 7.42. The molecule has 2 heterocycles. The number of carbonyl (C=O) groups excluding carboxylic acids is 1. The van der Waals surface area contributed by atoms with Gasteiger partial charge in [0.1, 0.15) is 5.75 Å². The maximum Gasteiger partial charge on any atom is 0.262 e.